The van der Waals surface area contributed by atoms with Crippen LogP contribution in [0.3, 0.4) is 0 Å². The molecule has 3 heterocycles. The van der Waals surface area contributed by atoms with Gasteiger partial charge in [0.2, 0.25) is 0 Å². The molecule has 1 unspecified atom stereocenters. The molecule has 0 saturated carbocycles. The highest BCUT2D eigenvalue weighted by Crippen LogP contribution is 2.37. The molecule has 7 nitrogen and oxygen atoms in total. The molecule has 170 valence electrons. The van der Waals surface area contributed by atoms with Crippen LogP contribution >= 0.6 is 11.3 Å². The smallest absolute Gasteiger partial charge is 0.264 e. The fourth-order valence-electron chi connectivity index (χ4n) is 4.67. The molecule has 1 atom stereocenters. The Balaban J connectivity index is 1.33. The summed E-state index contributed by atoms with van der Waals surface area (Å²) in [7, 11) is 1.70. The molecule has 0 aliphatic carbocycles. The molecule has 0 N–H and O–H groups in total. The highest BCUT2D eigenvalue weighted by atomic mass is 32.1. The molecule has 1 fully saturated rings. The van der Waals surface area contributed by atoms with E-state index >= 15 is 0 Å². The molecule has 33 heavy (non-hydrogen) atoms. The Morgan fingerprint density at radius 1 is 1.03 bits per heavy atom. The van der Waals surface area contributed by atoms with Crippen LogP contribution in [-0.2, 0) is 6.54 Å². The van der Waals surface area contributed by atoms with Gasteiger partial charge < -0.3 is 9.64 Å². The molecular formula is C25H26N4O3S. The minimum atomic E-state index is -0.386. The van der Waals surface area contributed by atoms with E-state index in [0.717, 1.165) is 49.2 Å². The molecule has 2 amide bonds. The average molecular weight is 463 g/mol. The number of ether oxygens (including phenoxy) is 1. The number of piperazine rings is 1. The van der Waals surface area contributed by atoms with Crippen molar-refractivity contribution >= 4 is 28.8 Å². The molecule has 2 aliphatic heterocycles. The van der Waals surface area contributed by atoms with E-state index < -0.39 is 0 Å². The minimum absolute atomic E-state index is 0.232. The largest absolute Gasteiger partial charge is 0.496 e. The average Bonchev–Trinajstić information content (AvgIpc) is 3.47. The summed E-state index contributed by atoms with van der Waals surface area (Å²) in [5, 5.41) is 2.62. The van der Waals surface area contributed by atoms with E-state index in [1.807, 2.05) is 42.6 Å². The topological polar surface area (TPSA) is 66.0 Å². The summed E-state index contributed by atoms with van der Waals surface area (Å²) in [5.41, 5.74) is 3.01. The quantitative estimate of drug-likeness (QED) is 0.519. The standard InChI is InChI=1S/C25H26N4O3S/c1-17(23-26-10-15-33-23)29-24(30)19-7-5-8-20(22(19)25(29)31)28-13-11-27(12-14-28)16-18-6-3-4-9-21(18)32-2/h3-10,15,17H,11-14,16H2,1-2H3. The van der Waals surface area contributed by atoms with Crippen molar-refractivity contribution in [2.24, 2.45) is 0 Å². The number of amides is 2. The van der Waals surface area contributed by atoms with Crippen molar-refractivity contribution in [3.63, 3.8) is 0 Å². The van der Waals surface area contributed by atoms with Crippen LogP contribution in [0.1, 0.15) is 44.3 Å². The summed E-state index contributed by atoms with van der Waals surface area (Å²) in [5.74, 6) is 0.429. The van der Waals surface area contributed by atoms with Crippen LogP contribution in [0.25, 0.3) is 0 Å². The molecule has 1 saturated heterocycles. The van der Waals surface area contributed by atoms with Crippen LogP contribution in [0.15, 0.2) is 54.0 Å². The summed E-state index contributed by atoms with van der Waals surface area (Å²) in [6.07, 6.45) is 1.70. The summed E-state index contributed by atoms with van der Waals surface area (Å²) >= 11 is 1.45. The van der Waals surface area contributed by atoms with E-state index in [1.165, 1.54) is 21.8 Å². The van der Waals surface area contributed by atoms with Gasteiger partial charge in [0.05, 0.1) is 30.0 Å². The third-order valence-electron chi connectivity index (χ3n) is 6.42. The molecule has 2 aromatic carbocycles. The maximum atomic E-state index is 13.4. The Labute approximate surface area is 197 Å². The van der Waals surface area contributed by atoms with Gasteiger partial charge in [-0.2, -0.15) is 0 Å². The first-order valence-corrected chi connectivity index (χ1v) is 12.0. The van der Waals surface area contributed by atoms with Crippen molar-refractivity contribution in [2.45, 2.75) is 19.5 Å². The number of fused-ring (bicyclic) bond motifs is 1. The molecule has 0 spiro atoms. The number of thiazole rings is 1. The number of aromatic nitrogens is 1. The van der Waals surface area contributed by atoms with Crippen LogP contribution in [0.2, 0.25) is 0 Å². The van der Waals surface area contributed by atoms with Gasteiger partial charge >= 0.3 is 0 Å². The van der Waals surface area contributed by atoms with E-state index in [9.17, 15) is 9.59 Å². The summed E-state index contributed by atoms with van der Waals surface area (Å²) in [4.78, 5) is 36.8. The van der Waals surface area contributed by atoms with Crippen molar-refractivity contribution in [3.05, 3.63) is 75.7 Å². The first-order valence-electron chi connectivity index (χ1n) is 11.1. The lowest BCUT2D eigenvalue weighted by molar-refractivity contribution is 0.0595. The molecular weight excluding hydrogens is 436 g/mol. The maximum Gasteiger partial charge on any atom is 0.264 e. The fourth-order valence-corrected chi connectivity index (χ4v) is 5.36. The lowest BCUT2D eigenvalue weighted by Crippen LogP contribution is -2.46. The van der Waals surface area contributed by atoms with Gasteiger partial charge in [-0.05, 0) is 25.1 Å². The lowest BCUT2D eigenvalue weighted by atomic mass is 10.1. The Morgan fingerprint density at radius 2 is 1.82 bits per heavy atom. The van der Waals surface area contributed by atoms with Crippen LogP contribution < -0.4 is 9.64 Å². The molecule has 0 radical (unpaired) electrons. The van der Waals surface area contributed by atoms with Gasteiger partial charge in [0.25, 0.3) is 11.8 Å². The Morgan fingerprint density at radius 3 is 2.55 bits per heavy atom. The SMILES string of the molecule is COc1ccccc1CN1CCN(c2cccc3c2C(=O)N(C(C)c2nccs2)C3=O)CC1. The second kappa shape index (κ2) is 8.96. The molecule has 0 bridgehead atoms. The van der Waals surface area contributed by atoms with Crippen LogP contribution in [0, 0.1) is 0 Å². The molecule has 3 aromatic rings. The number of carbonyl (C=O) groups excluding carboxylic acids is 2. The first-order chi connectivity index (χ1) is 16.1. The second-order valence-corrected chi connectivity index (χ2v) is 9.23. The zero-order valence-corrected chi connectivity index (χ0v) is 19.5. The Bertz CT molecular complexity index is 1170. The minimum Gasteiger partial charge on any atom is -0.496 e. The number of imide groups is 1. The van der Waals surface area contributed by atoms with Crippen molar-refractivity contribution in [1.29, 1.82) is 0 Å². The van der Waals surface area contributed by atoms with Crippen molar-refractivity contribution in [3.8, 4) is 5.75 Å². The predicted octanol–water partition coefficient (Wildman–Crippen LogP) is 3.83. The number of para-hydroxylation sites is 1. The lowest BCUT2D eigenvalue weighted by Gasteiger charge is -2.37. The maximum absolute atomic E-state index is 13.4. The van der Waals surface area contributed by atoms with Gasteiger partial charge in [-0.15, -0.1) is 11.3 Å². The number of carbonyl (C=O) groups is 2. The number of methoxy groups -OCH3 is 1. The van der Waals surface area contributed by atoms with Gasteiger partial charge in [0, 0.05) is 49.9 Å². The highest BCUT2D eigenvalue weighted by molar-refractivity contribution is 7.09. The van der Waals surface area contributed by atoms with Crippen molar-refractivity contribution in [1.82, 2.24) is 14.8 Å². The zero-order valence-electron chi connectivity index (χ0n) is 18.7. The third kappa shape index (κ3) is 3.89. The number of rotatable bonds is 6. The summed E-state index contributed by atoms with van der Waals surface area (Å²) in [6, 6.07) is 13.3. The Hall–Kier alpha value is -3.23. The van der Waals surface area contributed by atoms with E-state index in [0.29, 0.717) is 11.1 Å². The van der Waals surface area contributed by atoms with Crippen LogP contribution in [0.4, 0.5) is 5.69 Å². The number of hydrogen-bond donors (Lipinski definition) is 0. The van der Waals surface area contributed by atoms with Gasteiger partial charge in [-0.25, -0.2) is 4.98 Å². The van der Waals surface area contributed by atoms with Gasteiger partial charge in [0.1, 0.15) is 10.8 Å². The Kier molecular flexibility index (Phi) is 5.86. The molecule has 2 aliphatic rings. The molecule has 5 rings (SSSR count). The molecule has 1 aromatic heterocycles. The zero-order chi connectivity index (χ0) is 22.9. The van der Waals surface area contributed by atoms with Crippen LogP contribution in [-0.4, -0.2) is 59.9 Å². The highest BCUT2D eigenvalue weighted by Gasteiger charge is 2.42. The van der Waals surface area contributed by atoms with E-state index in [2.05, 4.69) is 20.9 Å². The first kappa shape index (κ1) is 21.6. The normalized spacial score (nSPS) is 17.4. The number of nitrogens with zero attached hydrogens (tertiary/aromatic N) is 4. The van der Waals surface area contributed by atoms with E-state index in [-0.39, 0.29) is 17.9 Å². The summed E-state index contributed by atoms with van der Waals surface area (Å²) < 4.78 is 5.49. The molecule has 8 heteroatoms. The summed E-state index contributed by atoms with van der Waals surface area (Å²) in [6.45, 7) is 5.98. The van der Waals surface area contributed by atoms with Crippen LogP contribution in [0.5, 0.6) is 5.75 Å². The number of hydrogen-bond acceptors (Lipinski definition) is 7. The number of benzene rings is 2. The van der Waals surface area contributed by atoms with E-state index in [1.54, 1.807) is 19.4 Å². The third-order valence-corrected chi connectivity index (χ3v) is 7.37. The second-order valence-electron chi connectivity index (χ2n) is 8.30. The number of anilines is 1. The van der Waals surface area contributed by atoms with Gasteiger partial charge in [-0.1, -0.05) is 24.3 Å². The van der Waals surface area contributed by atoms with Crippen molar-refractivity contribution in [2.75, 3.05) is 38.2 Å². The monoisotopic (exact) mass is 462 g/mol. The van der Waals surface area contributed by atoms with Gasteiger partial charge in [0.15, 0.2) is 0 Å². The predicted molar refractivity (Wildman–Crippen MR) is 128 cm³/mol. The van der Waals surface area contributed by atoms with E-state index in [4.69, 9.17) is 4.74 Å². The fraction of sp³-hybridized carbons (Fsp3) is 0.320. The van der Waals surface area contributed by atoms with Crippen molar-refractivity contribution < 1.29 is 14.3 Å². The van der Waals surface area contributed by atoms with Gasteiger partial charge in [-0.3, -0.25) is 19.4 Å².